The predicted octanol–water partition coefficient (Wildman–Crippen LogP) is 5.62. The fraction of sp³-hybridized carbons (Fsp3) is 0.500. The number of nitrogens with one attached hydrogen (secondary N) is 1. The van der Waals surface area contributed by atoms with Crippen LogP contribution in [0.2, 0.25) is 0 Å². The van der Waals surface area contributed by atoms with Gasteiger partial charge in [-0.1, -0.05) is 42.8 Å². The van der Waals surface area contributed by atoms with Gasteiger partial charge >= 0.3 is 0 Å². The topological polar surface area (TPSA) is 41.6 Å². The second kappa shape index (κ2) is 12.0. The fourth-order valence-corrected chi connectivity index (χ4v) is 7.09. The number of ether oxygens (including phenoxy) is 1. The van der Waals surface area contributed by atoms with Crippen LogP contribution in [0.1, 0.15) is 53.9 Å². The van der Waals surface area contributed by atoms with Gasteiger partial charge in [0, 0.05) is 19.1 Å². The van der Waals surface area contributed by atoms with Gasteiger partial charge in [0.1, 0.15) is 5.75 Å². The van der Waals surface area contributed by atoms with E-state index in [1.807, 2.05) is 35.7 Å². The second-order valence-corrected chi connectivity index (χ2v) is 11.4. The van der Waals surface area contributed by atoms with E-state index in [4.69, 9.17) is 4.74 Å². The van der Waals surface area contributed by atoms with E-state index in [-0.39, 0.29) is 12.5 Å². The highest BCUT2D eigenvalue weighted by Crippen LogP contribution is 2.43. The molecule has 0 bridgehead atoms. The van der Waals surface area contributed by atoms with E-state index in [1.165, 1.54) is 54.9 Å². The third kappa shape index (κ3) is 6.93. The van der Waals surface area contributed by atoms with Crippen molar-refractivity contribution in [3.8, 4) is 5.75 Å². The van der Waals surface area contributed by atoms with Gasteiger partial charge in [-0.3, -0.25) is 9.69 Å². The molecule has 0 radical (unpaired) electrons. The van der Waals surface area contributed by atoms with Crippen molar-refractivity contribution in [2.75, 3.05) is 24.7 Å². The molecule has 0 spiro atoms. The summed E-state index contributed by atoms with van der Waals surface area (Å²) in [5.74, 6) is 3.11. The molecule has 2 aromatic rings. The molecule has 2 fully saturated rings. The average Bonchev–Trinajstić information content (AvgIpc) is 2.84. The summed E-state index contributed by atoms with van der Waals surface area (Å²) in [4.78, 5) is 14.8. The Kier molecular flexibility index (Phi) is 8.83. The molecule has 2 heterocycles. The van der Waals surface area contributed by atoms with E-state index >= 15 is 0 Å². The summed E-state index contributed by atoms with van der Waals surface area (Å²) in [7, 11) is 0. The molecule has 2 saturated heterocycles. The number of carbonyl (C=O) groups excluding carboxylic acids is 1. The fourth-order valence-electron chi connectivity index (χ4n) is 4.19. The monoisotopic (exact) mass is 470 g/mol. The van der Waals surface area contributed by atoms with Crippen LogP contribution in [0.4, 0.5) is 0 Å². The van der Waals surface area contributed by atoms with Crippen LogP contribution in [-0.4, -0.2) is 41.5 Å². The molecule has 6 heteroatoms. The van der Waals surface area contributed by atoms with Crippen molar-refractivity contribution >= 4 is 29.4 Å². The van der Waals surface area contributed by atoms with Gasteiger partial charge in [0.05, 0.1) is 4.58 Å². The Balaban J connectivity index is 1.17. The quantitative estimate of drug-likeness (QED) is 0.542. The van der Waals surface area contributed by atoms with Crippen LogP contribution in [0.15, 0.2) is 48.5 Å². The zero-order valence-corrected chi connectivity index (χ0v) is 20.6. The minimum atomic E-state index is -0.0984. The maximum atomic E-state index is 12.2. The summed E-state index contributed by atoms with van der Waals surface area (Å²) in [5.41, 5.74) is 3.78. The first-order chi connectivity index (χ1) is 15.7. The highest BCUT2D eigenvalue weighted by Gasteiger charge is 2.18. The Bertz CT molecular complexity index is 851. The molecule has 0 aromatic heterocycles. The van der Waals surface area contributed by atoms with Crippen LogP contribution in [-0.2, 0) is 17.9 Å². The van der Waals surface area contributed by atoms with Gasteiger partial charge < -0.3 is 10.1 Å². The molecule has 32 heavy (non-hydrogen) atoms. The van der Waals surface area contributed by atoms with Crippen LogP contribution in [0, 0.1) is 0 Å². The minimum Gasteiger partial charge on any atom is -0.484 e. The van der Waals surface area contributed by atoms with Crippen molar-refractivity contribution < 1.29 is 9.53 Å². The Morgan fingerprint density at radius 1 is 1.00 bits per heavy atom. The SMILES string of the molecule is CC1CCCCN1Cc1ccc(CNC(=O)COc2ccc(C3SCCCS3)cc2)cc1. The van der Waals surface area contributed by atoms with Crippen molar-refractivity contribution in [2.24, 2.45) is 0 Å². The number of amides is 1. The summed E-state index contributed by atoms with van der Waals surface area (Å²) in [6.45, 7) is 5.10. The van der Waals surface area contributed by atoms with Gasteiger partial charge in [0.15, 0.2) is 6.61 Å². The lowest BCUT2D eigenvalue weighted by molar-refractivity contribution is -0.123. The summed E-state index contributed by atoms with van der Waals surface area (Å²) >= 11 is 4.02. The molecule has 0 aliphatic carbocycles. The lowest BCUT2D eigenvalue weighted by Gasteiger charge is -2.33. The van der Waals surface area contributed by atoms with Crippen molar-refractivity contribution in [3.05, 3.63) is 65.2 Å². The third-order valence-electron chi connectivity index (χ3n) is 6.19. The number of rotatable bonds is 8. The van der Waals surface area contributed by atoms with Crippen molar-refractivity contribution in [2.45, 2.75) is 56.3 Å². The van der Waals surface area contributed by atoms with Crippen molar-refractivity contribution in [3.63, 3.8) is 0 Å². The van der Waals surface area contributed by atoms with Crippen LogP contribution in [0.3, 0.4) is 0 Å². The molecule has 2 aromatic carbocycles. The number of carbonyl (C=O) groups is 1. The minimum absolute atomic E-state index is 0.0389. The molecular formula is C26H34N2O2S2. The molecular weight excluding hydrogens is 436 g/mol. The number of nitrogens with zero attached hydrogens (tertiary/aromatic N) is 1. The zero-order valence-electron chi connectivity index (χ0n) is 18.9. The van der Waals surface area contributed by atoms with E-state index in [0.717, 1.165) is 17.9 Å². The molecule has 4 nitrogen and oxygen atoms in total. The van der Waals surface area contributed by atoms with E-state index in [9.17, 15) is 4.79 Å². The third-order valence-corrected chi connectivity index (χ3v) is 9.20. The summed E-state index contributed by atoms with van der Waals surface area (Å²) in [5, 5.41) is 2.96. The van der Waals surface area contributed by atoms with Crippen LogP contribution in [0.5, 0.6) is 5.75 Å². The standard InChI is InChI=1S/C26H34N2O2S2/c1-20-5-2-3-14-28(20)18-22-8-6-21(7-9-22)17-27-25(29)19-30-24-12-10-23(11-13-24)26-31-15-4-16-32-26/h6-13,20,26H,2-5,14-19H2,1H3,(H,27,29). The van der Waals surface area contributed by atoms with Crippen LogP contribution >= 0.6 is 23.5 Å². The van der Waals surface area contributed by atoms with Crippen molar-refractivity contribution in [1.82, 2.24) is 10.2 Å². The maximum absolute atomic E-state index is 12.2. The average molecular weight is 471 g/mol. The van der Waals surface area contributed by atoms with Crippen LogP contribution < -0.4 is 10.1 Å². The molecule has 1 atom stereocenters. The van der Waals surface area contributed by atoms with Gasteiger partial charge in [0.25, 0.3) is 5.91 Å². The normalized spacial score (nSPS) is 20.1. The smallest absolute Gasteiger partial charge is 0.258 e. The Morgan fingerprint density at radius 2 is 1.72 bits per heavy atom. The molecule has 172 valence electrons. The molecule has 2 aliphatic rings. The lowest BCUT2D eigenvalue weighted by atomic mass is 10.0. The predicted molar refractivity (Wildman–Crippen MR) is 136 cm³/mol. The van der Waals surface area contributed by atoms with E-state index in [2.05, 4.69) is 53.5 Å². The van der Waals surface area contributed by atoms with Gasteiger partial charge in [-0.15, -0.1) is 23.5 Å². The van der Waals surface area contributed by atoms with Gasteiger partial charge in [-0.25, -0.2) is 0 Å². The summed E-state index contributed by atoms with van der Waals surface area (Å²) in [6, 6.07) is 17.5. The number of thioether (sulfide) groups is 2. The highest BCUT2D eigenvalue weighted by molar-refractivity contribution is 8.16. The van der Waals surface area contributed by atoms with Crippen LogP contribution in [0.25, 0.3) is 0 Å². The Morgan fingerprint density at radius 3 is 2.44 bits per heavy atom. The molecule has 1 unspecified atom stereocenters. The second-order valence-electron chi connectivity index (χ2n) is 8.69. The number of likely N-dealkylation sites (tertiary alicyclic amines) is 1. The van der Waals surface area contributed by atoms with Gasteiger partial charge in [-0.2, -0.15) is 0 Å². The maximum Gasteiger partial charge on any atom is 0.258 e. The van der Waals surface area contributed by atoms with Crippen molar-refractivity contribution in [1.29, 1.82) is 0 Å². The molecule has 0 saturated carbocycles. The Labute approximate surface area is 200 Å². The van der Waals surface area contributed by atoms with E-state index in [1.54, 1.807) is 0 Å². The number of hydrogen-bond donors (Lipinski definition) is 1. The van der Waals surface area contributed by atoms with E-state index < -0.39 is 0 Å². The molecule has 1 amide bonds. The summed E-state index contributed by atoms with van der Waals surface area (Å²) in [6.07, 6.45) is 5.25. The largest absolute Gasteiger partial charge is 0.484 e. The van der Waals surface area contributed by atoms with Gasteiger partial charge in [-0.05, 0) is 73.1 Å². The van der Waals surface area contributed by atoms with E-state index in [0.29, 0.717) is 17.2 Å². The van der Waals surface area contributed by atoms with Gasteiger partial charge in [0.2, 0.25) is 0 Å². The Hall–Kier alpha value is -1.63. The lowest BCUT2D eigenvalue weighted by Crippen LogP contribution is -2.36. The first-order valence-electron chi connectivity index (χ1n) is 11.7. The summed E-state index contributed by atoms with van der Waals surface area (Å²) < 4.78 is 6.20. The number of hydrogen-bond acceptors (Lipinski definition) is 5. The first-order valence-corrected chi connectivity index (χ1v) is 13.8. The molecule has 2 aliphatic heterocycles. The first kappa shape index (κ1) is 23.5. The highest BCUT2D eigenvalue weighted by atomic mass is 32.2. The molecule has 1 N–H and O–H groups in total. The zero-order chi connectivity index (χ0) is 22.2. The number of piperidine rings is 1. The number of benzene rings is 2. The molecule has 4 rings (SSSR count).